The van der Waals surface area contributed by atoms with E-state index >= 15 is 0 Å². The molecule has 0 spiro atoms. The standard InChI is InChI=1S/C15H33OSi/c1-9-10-15(8)11-16-17(12(2)3,13(4)5)14(6)7/h12-15H,1,9-11H2,2-8H3/t15-/m0/s1. The van der Waals surface area contributed by atoms with Crippen molar-refractivity contribution >= 4 is 8.32 Å². The van der Waals surface area contributed by atoms with Crippen molar-refractivity contribution in [2.75, 3.05) is 6.61 Å². The van der Waals surface area contributed by atoms with Crippen LogP contribution >= 0.6 is 0 Å². The highest BCUT2D eigenvalue weighted by molar-refractivity contribution is 6.77. The van der Waals surface area contributed by atoms with Crippen LogP contribution in [0.1, 0.15) is 61.3 Å². The minimum Gasteiger partial charge on any atom is -0.416 e. The Morgan fingerprint density at radius 2 is 1.29 bits per heavy atom. The van der Waals surface area contributed by atoms with Crippen LogP contribution < -0.4 is 0 Å². The number of rotatable bonds is 8. The molecule has 0 bridgehead atoms. The molecular formula is C15H33OSi. The molecule has 0 N–H and O–H groups in total. The van der Waals surface area contributed by atoms with Crippen LogP contribution in [0.15, 0.2) is 0 Å². The summed E-state index contributed by atoms with van der Waals surface area (Å²) in [5.41, 5.74) is 2.07. The van der Waals surface area contributed by atoms with E-state index in [9.17, 15) is 0 Å². The van der Waals surface area contributed by atoms with Gasteiger partial charge in [0.2, 0.25) is 0 Å². The average molecular weight is 258 g/mol. The molecule has 0 aliphatic carbocycles. The molecule has 1 radical (unpaired) electrons. The van der Waals surface area contributed by atoms with Crippen LogP contribution in [0.25, 0.3) is 0 Å². The highest BCUT2D eigenvalue weighted by Crippen LogP contribution is 2.42. The molecule has 0 saturated carbocycles. The Labute approximate surface area is 110 Å². The summed E-state index contributed by atoms with van der Waals surface area (Å²) in [6.45, 7) is 21.2. The largest absolute Gasteiger partial charge is 0.416 e. The van der Waals surface area contributed by atoms with Gasteiger partial charge in [0.25, 0.3) is 0 Å². The van der Waals surface area contributed by atoms with Crippen LogP contribution in [0.2, 0.25) is 16.6 Å². The molecule has 0 amide bonds. The molecule has 0 aliphatic heterocycles. The molecule has 0 rings (SSSR count). The van der Waals surface area contributed by atoms with Gasteiger partial charge in [0, 0.05) is 6.61 Å². The molecular weight excluding hydrogens is 224 g/mol. The zero-order valence-corrected chi connectivity index (χ0v) is 14.0. The van der Waals surface area contributed by atoms with E-state index in [4.69, 9.17) is 4.43 Å². The lowest BCUT2D eigenvalue weighted by Crippen LogP contribution is -2.48. The van der Waals surface area contributed by atoms with Crippen molar-refractivity contribution in [2.24, 2.45) is 5.92 Å². The van der Waals surface area contributed by atoms with Gasteiger partial charge < -0.3 is 4.43 Å². The van der Waals surface area contributed by atoms with Crippen molar-refractivity contribution in [3.63, 3.8) is 0 Å². The summed E-state index contributed by atoms with van der Waals surface area (Å²) in [7, 11) is -1.64. The van der Waals surface area contributed by atoms with Crippen molar-refractivity contribution in [3.05, 3.63) is 6.92 Å². The minimum absolute atomic E-state index is 0.649. The SMILES string of the molecule is [CH2]CC[C@H](C)CO[Si](C(C)C)(C(C)C)C(C)C. The van der Waals surface area contributed by atoms with Gasteiger partial charge in [-0.1, -0.05) is 61.8 Å². The molecule has 0 aromatic heterocycles. The van der Waals surface area contributed by atoms with Crippen LogP contribution in [-0.2, 0) is 4.43 Å². The molecule has 1 nitrogen and oxygen atoms in total. The molecule has 1 atom stereocenters. The fraction of sp³-hybridized carbons (Fsp3) is 0.933. The first-order valence-corrected chi connectivity index (χ1v) is 9.36. The monoisotopic (exact) mass is 257 g/mol. The molecule has 0 fully saturated rings. The van der Waals surface area contributed by atoms with Crippen molar-refractivity contribution in [2.45, 2.75) is 77.9 Å². The first-order chi connectivity index (χ1) is 7.78. The van der Waals surface area contributed by atoms with Gasteiger partial charge in [-0.25, -0.2) is 0 Å². The van der Waals surface area contributed by atoms with E-state index in [0.29, 0.717) is 22.5 Å². The molecule has 0 aliphatic rings. The number of hydrogen-bond donors (Lipinski definition) is 0. The quantitative estimate of drug-likeness (QED) is 0.527. The third-order valence-electron chi connectivity index (χ3n) is 4.02. The molecule has 103 valence electrons. The van der Waals surface area contributed by atoms with Gasteiger partial charge in [-0.2, -0.15) is 0 Å². The second kappa shape index (κ2) is 7.58. The van der Waals surface area contributed by atoms with Gasteiger partial charge >= 0.3 is 0 Å². The molecule has 0 aromatic carbocycles. The van der Waals surface area contributed by atoms with Crippen LogP contribution in [0, 0.1) is 12.8 Å². The number of hydrogen-bond acceptors (Lipinski definition) is 1. The first-order valence-electron chi connectivity index (χ1n) is 7.22. The van der Waals surface area contributed by atoms with Gasteiger partial charge in [0.05, 0.1) is 0 Å². The molecule has 0 heterocycles. The summed E-state index contributed by atoms with van der Waals surface area (Å²) in [6.07, 6.45) is 2.20. The molecule has 0 aromatic rings. The van der Waals surface area contributed by atoms with E-state index in [1.54, 1.807) is 0 Å². The van der Waals surface area contributed by atoms with Gasteiger partial charge in [0.1, 0.15) is 0 Å². The predicted octanol–water partition coefficient (Wildman–Crippen LogP) is 5.43. The zero-order chi connectivity index (χ0) is 13.6. The topological polar surface area (TPSA) is 9.23 Å². The lowest BCUT2D eigenvalue weighted by Gasteiger charge is -2.42. The van der Waals surface area contributed by atoms with E-state index in [1.165, 1.54) is 6.42 Å². The molecule has 2 heteroatoms. The maximum atomic E-state index is 6.54. The normalized spacial score (nSPS) is 15.0. The Bertz CT molecular complexity index is 177. The Morgan fingerprint density at radius 1 is 0.882 bits per heavy atom. The second-order valence-corrected chi connectivity index (χ2v) is 11.8. The van der Waals surface area contributed by atoms with Crippen LogP contribution in [0.5, 0.6) is 0 Å². The third-order valence-corrected chi connectivity index (χ3v) is 10.1. The van der Waals surface area contributed by atoms with Crippen molar-refractivity contribution < 1.29 is 4.43 Å². The summed E-state index contributed by atoms with van der Waals surface area (Å²) in [6, 6.07) is 0. The van der Waals surface area contributed by atoms with E-state index < -0.39 is 8.32 Å². The van der Waals surface area contributed by atoms with Gasteiger partial charge in [-0.15, -0.1) is 0 Å². The summed E-state index contributed by atoms with van der Waals surface area (Å²) < 4.78 is 6.54. The van der Waals surface area contributed by atoms with Crippen LogP contribution in [0.3, 0.4) is 0 Å². The highest BCUT2D eigenvalue weighted by atomic mass is 28.4. The fourth-order valence-electron chi connectivity index (χ4n) is 3.22. The van der Waals surface area contributed by atoms with Gasteiger partial charge in [-0.05, 0) is 29.0 Å². The summed E-state index contributed by atoms with van der Waals surface area (Å²) >= 11 is 0. The Hall–Kier alpha value is 0.177. The van der Waals surface area contributed by atoms with Gasteiger partial charge in [0.15, 0.2) is 8.32 Å². The van der Waals surface area contributed by atoms with E-state index in [-0.39, 0.29) is 0 Å². The summed E-state index contributed by atoms with van der Waals surface area (Å²) in [4.78, 5) is 0. The summed E-state index contributed by atoms with van der Waals surface area (Å²) in [5.74, 6) is 0.649. The lowest BCUT2D eigenvalue weighted by molar-refractivity contribution is 0.224. The molecule has 0 unspecified atom stereocenters. The van der Waals surface area contributed by atoms with E-state index in [2.05, 4.69) is 55.4 Å². The minimum atomic E-state index is -1.64. The Balaban J connectivity index is 4.70. The fourth-order valence-corrected chi connectivity index (χ4v) is 8.79. The Morgan fingerprint density at radius 3 is 1.59 bits per heavy atom. The zero-order valence-electron chi connectivity index (χ0n) is 13.0. The van der Waals surface area contributed by atoms with E-state index in [0.717, 1.165) is 13.0 Å². The van der Waals surface area contributed by atoms with E-state index in [1.807, 2.05) is 0 Å². The molecule has 17 heavy (non-hydrogen) atoms. The Kier molecular flexibility index (Phi) is 7.66. The van der Waals surface area contributed by atoms with Crippen LogP contribution in [0.4, 0.5) is 0 Å². The lowest BCUT2D eigenvalue weighted by atomic mass is 10.1. The van der Waals surface area contributed by atoms with Crippen molar-refractivity contribution in [1.82, 2.24) is 0 Å². The maximum absolute atomic E-state index is 6.54. The second-order valence-electron chi connectivity index (χ2n) is 6.38. The maximum Gasteiger partial charge on any atom is 0.200 e. The summed E-state index contributed by atoms with van der Waals surface area (Å²) in [5, 5.41) is 0. The molecule has 0 saturated heterocycles. The predicted molar refractivity (Wildman–Crippen MR) is 80.8 cm³/mol. The smallest absolute Gasteiger partial charge is 0.200 e. The van der Waals surface area contributed by atoms with Crippen molar-refractivity contribution in [3.8, 4) is 0 Å². The third kappa shape index (κ3) is 4.40. The van der Waals surface area contributed by atoms with Crippen LogP contribution in [-0.4, -0.2) is 14.9 Å². The first kappa shape index (κ1) is 17.2. The average Bonchev–Trinajstić information content (AvgIpc) is 2.17. The highest BCUT2D eigenvalue weighted by Gasteiger charge is 2.45. The van der Waals surface area contributed by atoms with Crippen molar-refractivity contribution in [1.29, 1.82) is 0 Å². The van der Waals surface area contributed by atoms with Gasteiger partial charge in [-0.3, -0.25) is 0 Å².